The Labute approximate surface area is 168 Å². The number of anilines is 2. The molecule has 1 heterocycles. The molecule has 1 fully saturated rings. The Balaban J connectivity index is 1.75. The number of ether oxygens (including phenoxy) is 2. The monoisotopic (exact) mass is 416 g/mol. The maximum atomic E-state index is 12.8. The average molecular weight is 416 g/mol. The van der Waals surface area contributed by atoms with E-state index in [0.717, 1.165) is 0 Å². The van der Waals surface area contributed by atoms with Crippen LogP contribution in [0.2, 0.25) is 0 Å². The van der Waals surface area contributed by atoms with Gasteiger partial charge in [0.25, 0.3) is 15.8 Å². The lowest BCUT2D eigenvalue weighted by atomic mass is 10.2. The fourth-order valence-corrected chi connectivity index (χ4v) is 3.79. The largest absolute Gasteiger partial charge is 0.419 e. The fourth-order valence-electron chi connectivity index (χ4n) is 2.59. The van der Waals surface area contributed by atoms with Gasteiger partial charge >= 0.3 is 11.9 Å². The molecule has 0 aromatic heterocycles. The van der Waals surface area contributed by atoms with Gasteiger partial charge in [-0.05, 0) is 36.4 Å². The van der Waals surface area contributed by atoms with E-state index >= 15 is 0 Å². The minimum absolute atomic E-state index is 0.0975. The summed E-state index contributed by atoms with van der Waals surface area (Å²) in [6.45, 7) is 2.91. The lowest BCUT2D eigenvalue weighted by Crippen LogP contribution is -2.42. The average Bonchev–Trinajstić information content (AvgIpc) is 2.67. The number of hydrogen-bond acceptors (Lipinski definition) is 7. The Morgan fingerprint density at radius 2 is 1.48 bits per heavy atom. The molecule has 0 radical (unpaired) electrons. The van der Waals surface area contributed by atoms with Gasteiger partial charge in [-0.2, -0.15) is 0 Å². The van der Waals surface area contributed by atoms with Crippen LogP contribution in [0.1, 0.15) is 13.8 Å². The summed E-state index contributed by atoms with van der Waals surface area (Å²) >= 11 is 0. The van der Waals surface area contributed by atoms with Gasteiger partial charge in [0.2, 0.25) is 0 Å². The first-order chi connectivity index (χ1) is 13.6. The second-order valence-corrected chi connectivity index (χ2v) is 8.68. The first-order valence-electron chi connectivity index (χ1n) is 8.67. The molecular formula is C20H20N2O6S. The molecule has 2 aromatic carbocycles. The molecule has 152 valence electrons. The summed E-state index contributed by atoms with van der Waals surface area (Å²) in [7, 11) is -2.26. The molecule has 3 rings (SSSR count). The van der Waals surface area contributed by atoms with Crippen LogP contribution in [0.3, 0.4) is 0 Å². The van der Waals surface area contributed by atoms with Crippen molar-refractivity contribution in [3.8, 4) is 0 Å². The third-order valence-electron chi connectivity index (χ3n) is 4.13. The number of carbonyl (C=O) groups excluding carboxylic acids is 2. The van der Waals surface area contributed by atoms with E-state index in [1.807, 2.05) is 0 Å². The van der Waals surface area contributed by atoms with Crippen molar-refractivity contribution in [3.05, 3.63) is 66.4 Å². The molecule has 0 atom stereocenters. The molecule has 0 unspecified atom stereocenters. The standard InChI is InChI=1S/C20H20N2O6S/c1-20(2)27-18(23)17(19(24)28-20)13-21-14-9-11-16(12-10-14)29(25,26)22(3)15-7-5-4-6-8-15/h4-13,21H,1-3H3. The van der Waals surface area contributed by atoms with Gasteiger partial charge < -0.3 is 14.8 Å². The van der Waals surface area contributed by atoms with E-state index in [2.05, 4.69) is 5.32 Å². The molecule has 1 N–H and O–H groups in total. The molecule has 1 aliphatic heterocycles. The number of carbonyl (C=O) groups is 2. The van der Waals surface area contributed by atoms with E-state index in [-0.39, 0.29) is 10.5 Å². The topological polar surface area (TPSA) is 102 Å². The van der Waals surface area contributed by atoms with E-state index in [1.54, 1.807) is 30.3 Å². The number of rotatable bonds is 5. The summed E-state index contributed by atoms with van der Waals surface area (Å²) in [5.41, 5.74) is 0.728. The third kappa shape index (κ3) is 4.40. The van der Waals surface area contributed by atoms with Crippen LogP contribution in [0.15, 0.2) is 71.3 Å². The minimum atomic E-state index is -3.73. The molecule has 0 saturated carbocycles. The molecule has 1 saturated heterocycles. The fraction of sp³-hybridized carbons (Fsp3) is 0.200. The zero-order chi connectivity index (χ0) is 21.2. The minimum Gasteiger partial charge on any atom is -0.419 e. The van der Waals surface area contributed by atoms with Crippen molar-refractivity contribution < 1.29 is 27.5 Å². The molecule has 1 aliphatic rings. The molecule has 8 nitrogen and oxygen atoms in total. The molecule has 29 heavy (non-hydrogen) atoms. The first-order valence-corrected chi connectivity index (χ1v) is 10.1. The highest BCUT2D eigenvalue weighted by Crippen LogP contribution is 2.24. The van der Waals surface area contributed by atoms with E-state index in [1.165, 1.54) is 55.7 Å². The van der Waals surface area contributed by atoms with Crippen LogP contribution < -0.4 is 9.62 Å². The van der Waals surface area contributed by atoms with Gasteiger partial charge in [-0.25, -0.2) is 18.0 Å². The normalized spacial score (nSPS) is 15.9. The van der Waals surface area contributed by atoms with E-state index in [4.69, 9.17) is 9.47 Å². The second-order valence-electron chi connectivity index (χ2n) is 6.71. The lowest BCUT2D eigenvalue weighted by molar-refractivity contribution is -0.222. The van der Waals surface area contributed by atoms with E-state index in [0.29, 0.717) is 11.4 Å². The van der Waals surface area contributed by atoms with Gasteiger partial charge in [0.15, 0.2) is 5.57 Å². The quantitative estimate of drug-likeness (QED) is 0.454. The summed E-state index contributed by atoms with van der Waals surface area (Å²) in [6.07, 6.45) is 1.17. The van der Waals surface area contributed by atoms with Crippen LogP contribution in [-0.2, 0) is 29.1 Å². The van der Waals surface area contributed by atoms with Crippen molar-refractivity contribution in [2.45, 2.75) is 24.5 Å². The Morgan fingerprint density at radius 3 is 2.03 bits per heavy atom. The Morgan fingerprint density at radius 1 is 0.931 bits per heavy atom. The van der Waals surface area contributed by atoms with Crippen LogP contribution in [0.4, 0.5) is 11.4 Å². The molecule has 2 aromatic rings. The van der Waals surface area contributed by atoms with Gasteiger partial charge in [0.1, 0.15) is 0 Å². The van der Waals surface area contributed by atoms with E-state index in [9.17, 15) is 18.0 Å². The van der Waals surface area contributed by atoms with Crippen LogP contribution in [0.25, 0.3) is 0 Å². The SMILES string of the molecule is CN(c1ccccc1)S(=O)(=O)c1ccc(NC=C2C(=O)OC(C)(C)OC2=O)cc1. The van der Waals surface area contributed by atoms with Gasteiger partial charge in [0.05, 0.1) is 10.6 Å². The zero-order valence-electron chi connectivity index (χ0n) is 16.1. The molecular weight excluding hydrogens is 396 g/mol. The van der Waals surface area contributed by atoms with Gasteiger partial charge in [-0.15, -0.1) is 0 Å². The van der Waals surface area contributed by atoms with Crippen molar-refractivity contribution >= 4 is 33.3 Å². The first kappa shape index (κ1) is 20.4. The maximum Gasteiger partial charge on any atom is 0.350 e. The number of nitrogens with one attached hydrogen (secondary N) is 1. The summed E-state index contributed by atoms with van der Waals surface area (Å²) < 4.78 is 36.7. The molecule has 0 aliphatic carbocycles. The summed E-state index contributed by atoms with van der Waals surface area (Å²) in [5, 5.41) is 2.77. The maximum absolute atomic E-state index is 12.8. The van der Waals surface area contributed by atoms with Crippen molar-refractivity contribution in [1.29, 1.82) is 0 Å². The number of benzene rings is 2. The van der Waals surface area contributed by atoms with Crippen molar-refractivity contribution in [3.63, 3.8) is 0 Å². The lowest BCUT2D eigenvalue weighted by Gasteiger charge is -2.29. The van der Waals surface area contributed by atoms with Crippen LogP contribution >= 0.6 is 0 Å². The van der Waals surface area contributed by atoms with Crippen molar-refractivity contribution in [1.82, 2.24) is 0 Å². The zero-order valence-corrected chi connectivity index (χ0v) is 16.9. The molecule has 0 amide bonds. The Hall–Kier alpha value is -3.33. The molecule has 0 spiro atoms. The Bertz CT molecular complexity index is 1040. The summed E-state index contributed by atoms with van der Waals surface area (Å²) in [5.74, 6) is -2.92. The van der Waals surface area contributed by atoms with Gasteiger partial charge in [0, 0.05) is 32.8 Å². The predicted octanol–water partition coefficient (Wildman–Crippen LogP) is 2.64. The third-order valence-corrected chi connectivity index (χ3v) is 5.93. The number of para-hydroxylation sites is 1. The number of cyclic esters (lactones) is 2. The highest BCUT2D eigenvalue weighted by atomic mass is 32.2. The molecule has 0 bridgehead atoms. The number of esters is 2. The van der Waals surface area contributed by atoms with Crippen molar-refractivity contribution in [2.75, 3.05) is 16.7 Å². The number of hydrogen-bond donors (Lipinski definition) is 1. The van der Waals surface area contributed by atoms with Gasteiger partial charge in [-0.3, -0.25) is 4.31 Å². The smallest absolute Gasteiger partial charge is 0.350 e. The van der Waals surface area contributed by atoms with Crippen molar-refractivity contribution in [2.24, 2.45) is 0 Å². The van der Waals surface area contributed by atoms with Crippen LogP contribution in [0.5, 0.6) is 0 Å². The number of nitrogens with zero attached hydrogens (tertiary/aromatic N) is 1. The van der Waals surface area contributed by atoms with E-state index < -0.39 is 27.7 Å². The highest BCUT2D eigenvalue weighted by Gasteiger charge is 2.38. The van der Waals surface area contributed by atoms with Crippen LogP contribution in [-0.4, -0.2) is 33.2 Å². The number of sulfonamides is 1. The second kappa shape index (κ2) is 7.59. The predicted molar refractivity (Wildman–Crippen MR) is 106 cm³/mol. The summed E-state index contributed by atoms with van der Waals surface area (Å²) in [6, 6.07) is 14.6. The molecule has 9 heteroatoms. The van der Waals surface area contributed by atoms with Gasteiger partial charge in [-0.1, -0.05) is 18.2 Å². The highest BCUT2D eigenvalue weighted by molar-refractivity contribution is 7.92. The Kier molecular flexibility index (Phi) is 5.34. The van der Waals surface area contributed by atoms with Crippen LogP contribution in [0, 0.1) is 0 Å². The summed E-state index contributed by atoms with van der Waals surface area (Å²) in [4.78, 5) is 23.9.